The molecule has 1 heterocycles. The lowest BCUT2D eigenvalue weighted by atomic mass is 9.97. The molecule has 1 aromatic heterocycles. The van der Waals surface area contributed by atoms with Crippen LogP contribution in [-0.4, -0.2) is 22.7 Å². The number of hydrogen-bond donors (Lipinski definition) is 3. The molecule has 4 N–H and O–H groups in total. The second-order valence-corrected chi connectivity index (χ2v) is 7.32. The second-order valence-electron chi connectivity index (χ2n) is 7.32. The molecule has 0 saturated carbocycles. The number of aliphatic carboxylic acids is 1. The number of ether oxygens (including phenoxy) is 1. The third-order valence-corrected chi connectivity index (χ3v) is 5.15. The third kappa shape index (κ3) is 4.46. The van der Waals surface area contributed by atoms with Gasteiger partial charge in [0.2, 0.25) is 0 Å². The average molecular weight is 400 g/mol. The lowest BCUT2D eigenvalue weighted by molar-refractivity contribution is -0.136. The summed E-state index contributed by atoms with van der Waals surface area (Å²) in [4.78, 5) is 14.2. The Bertz CT molecular complexity index is 1170. The number of anilines is 1. The van der Waals surface area contributed by atoms with Gasteiger partial charge in [0.15, 0.2) is 0 Å². The van der Waals surface area contributed by atoms with Gasteiger partial charge in [-0.2, -0.15) is 0 Å². The smallest absolute Gasteiger partial charge is 0.303 e. The zero-order valence-corrected chi connectivity index (χ0v) is 16.6. The molecule has 0 radical (unpaired) electrons. The van der Waals surface area contributed by atoms with E-state index in [-0.39, 0.29) is 6.42 Å². The summed E-state index contributed by atoms with van der Waals surface area (Å²) in [7, 11) is 0. The van der Waals surface area contributed by atoms with Gasteiger partial charge in [-0.05, 0) is 58.8 Å². The zero-order chi connectivity index (χ0) is 20.9. The molecule has 0 atom stereocenters. The summed E-state index contributed by atoms with van der Waals surface area (Å²) < 4.78 is 6.15. The van der Waals surface area contributed by atoms with Crippen LogP contribution in [0.4, 0.5) is 5.69 Å². The molecule has 0 bridgehead atoms. The largest absolute Gasteiger partial charge is 0.490 e. The highest BCUT2D eigenvalue weighted by Gasteiger charge is 2.14. The molecule has 4 rings (SSSR count). The van der Waals surface area contributed by atoms with E-state index >= 15 is 0 Å². The number of benzene rings is 3. The molecule has 0 saturated heterocycles. The van der Waals surface area contributed by atoms with Crippen LogP contribution in [0.1, 0.15) is 17.5 Å². The van der Waals surface area contributed by atoms with E-state index in [0.29, 0.717) is 24.5 Å². The van der Waals surface area contributed by atoms with Crippen LogP contribution in [0, 0.1) is 0 Å². The number of carboxylic acids is 1. The standard InChI is InChI=1S/C25H24N2O3/c26-22-15-18(6-9-24(28)29)14-21(19-7-8-23-20(16-19)10-12-27-23)25(22)30-13-11-17-4-2-1-3-5-17/h1-5,7-8,10,12,14-16,27H,6,9,11,13,26H2,(H,28,29). The van der Waals surface area contributed by atoms with Crippen molar-refractivity contribution in [3.8, 4) is 16.9 Å². The highest BCUT2D eigenvalue weighted by Crippen LogP contribution is 2.38. The van der Waals surface area contributed by atoms with Crippen molar-refractivity contribution < 1.29 is 14.6 Å². The number of carboxylic acid groups (broad SMARTS) is 1. The number of aromatic nitrogens is 1. The first-order valence-corrected chi connectivity index (χ1v) is 9.98. The molecule has 152 valence electrons. The quantitative estimate of drug-likeness (QED) is 0.361. The first-order chi connectivity index (χ1) is 14.6. The van der Waals surface area contributed by atoms with Gasteiger partial charge < -0.3 is 20.6 Å². The van der Waals surface area contributed by atoms with E-state index in [2.05, 4.69) is 23.2 Å². The number of aryl methyl sites for hydroxylation is 1. The number of hydrogen-bond acceptors (Lipinski definition) is 3. The van der Waals surface area contributed by atoms with Gasteiger partial charge in [-0.3, -0.25) is 4.79 Å². The maximum Gasteiger partial charge on any atom is 0.303 e. The Morgan fingerprint density at radius 2 is 1.80 bits per heavy atom. The molecule has 5 heteroatoms. The van der Waals surface area contributed by atoms with Crippen molar-refractivity contribution in [2.24, 2.45) is 0 Å². The molecule has 0 aliphatic rings. The van der Waals surface area contributed by atoms with Crippen molar-refractivity contribution >= 4 is 22.6 Å². The highest BCUT2D eigenvalue weighted by atomic mass is 16.5. The maximum absolute atomic E-state index is 11.0. The van der Waals surface area contributed by atoms with Crippen LogP contribution < -0.4 is 10.5 Å². The van der Waals surface area contributed by atoms with Gasteiger partial charge in [-0.1, -0.05) is 36.4 Å². The fourth-order valence-electron chi connectivity index (χ4n) is 3.62. The van der Waals surface area contributed by atoms with Crippen molar-refractivity contribution in [3.63, 3.8) is 0 Å². The Labute approximate surface area is 175 Å². The number of nitrogens with one attached hydrogen (secondary N) is 1. The van der Waals surface area contributed by atoms with E-state index in [0.717, 1.165) is 34.0 Å². The van der Waals surface area contributed by atoms with Gasteiger partial charge in [0, 0.05) is 30.1 Å². The third-order valence-electron chi connectivity index (χ3n) is 5.15. The van der Waals surface area contributed by atoms with Crippen LogP contribution in [-0.2, 0) is 17.6 Å². The summed E-state index contributed by atoms with van der Waals surface area (Å²) in [5.41, 5.74) is 11.9. The van der Waals surface area contributed by atoms with E-state index in [9.17, 15) is 4.79 Å². The van der Waals surface area contributed by atoms with Crippen molar-refractivity contribution in [1.29, 1.82) is 0 Å². The normalized spacial score (nSPS) is 10.9. The van der Waals surface area contributed by atoms with Crippen LogP contribution in [0.25, 0.3) is 22.0 Å². The minimum absolute atomic E-state index is 0.0595. The van der Waals surface area contributed by atoms with Crippen molar-refractivity contribution in [2.75, 3.05) is 12.3 Å². The molecule has 0 fully saturated rings. The van der Waals surface area contributed by atoms with Crippen LogP contribution in [0.15, 0.2) is 72.9 Å². The SMILES string of the molecule is Nc1cc(CCC(=O)O)cc(-c2ccc3[nH]ccc3c2)c1OCCc1ccccc1. The van der Waals surface area contributed by atoms with Gasteiger partial charge in [-0.25, -0.2) is 0 Å². The van der Waals surface area contributed by atoms with Crippen LogP contribution >= 0.6 is 0 Å². The van der Waals surface area contributed by atoms with Gasteiger partial charge in [0.25, 0.3) is 0 Å². The summed E-state index contributed by atoms with van der Waals surface area (Å²) in [5.74, 6) is -0.188. The van der Waals surface area contributed by atoms with E-state index < -0.39 is 5.97 Å². The highest BCUT2D eigenvalue weighted by molar-refractivity contribution is 5.88. The number of rotatable bonds is 8. The van der Waals surface area contributed by atoms with Crippen LogP contribution in [0.3, 0.4) is 0 Å². The Hall–Kier alpha value is -3.73. The maximum atomic E-state index is 11.0. The number of nitrogen functional groups attached to an aromatic ring is 1. The predicted molar refractivity (Wildman–Crippen MR) is 120 cm³/mol. The summed E-state index contributed by atoms with van der Waals surface area (Å²) in [6.45, 7) is 0.502. The Morgan fingerprint density at radius 3 is 2.60 bits per heavy atom. The number of nitrogens with two attached hydrogens (primary N) is 1. The molecule has 0 spiro atoms. The van der Waals surface area contributed by atoms with Crippen LogP contribution in [0.2, 0.25) is 0 Å². The molecule has 0 aliphatic heterocycles. The predicted octanol–water partition coefficient (Wildman–Crippen LogP) is 5.06. The number of fused-ring (bicyclic) bond motifs is 1. The molecule has 30 heavy (non-hydrogen) atoms. The van der Waals surface area contributed by atoms with Crippen molar-refractivity contribution in [3.05, 3.63) is 84.1 Å². The molecular weight excluding hydrogens is 376 g/mol. The van der Waals surface area contributed by atoms with E-state index in [1.165, 1.54) is 5.56 Å². The molecule has 0 amide bonds. The summed E-state index contributed by atoms with van der Waals surface area (Å²) in [5, 5.41) is 10.1. The van der Waals surface area contributed by atoms with Crippen LogP contribution in [0.5, 0.6) is 5.75 Å². The first kappa shape index (κ1) is 19.6. The van der Waals surface area contributed by atoms with Gasteiger partial charge in [0.1, 0.15) is 5.75 Å². The fraction of sp³-hybridized carbons (Fsp3) is 0.160. The van der Waals surface area contributed by atoms with E-state index in [1.807, 2.05) is 54.7 Å². The number of aromatic amines is 1. The summed E-state index contributed by atoms with van der Waals surface area (Å²) in [6.07, 6.45) is 3.16. The van der Waals surface area contributed by atoms with E-state index in [4.69, 9.17) is 15.6 Å². The molecule has 4 aromatic rings. The minimum Gasteiger partial charge on any atom is -0.490 e. The Kier molecular flexibility index (Phi) is 5.70. The van der Waals surface area contributed by atoms with Crippen molar-refractivity contribution in [1.82, 2.24) is 4.98 Å². The number of carbonyl (C=O) groups is 1. The molecule has 0 unspecified atom stereocenters. The topological polar surface area (TPSA) is 88.3 Å². The Morgan fingerprint density at radius 1 is 0.967 bits per heavy atom. The molecule has 3 aromatic carbocycles. The van der Waals surface area contributed by atoms with E-state index in [1.54, 1.807) is 0 Å². The monoisotopic (exact) mass is 400 g/mol. The second kappa shape index (κ2) is 8.74. The molecular formula is C25H24N2O3. The lowest BCUT2D eigenvalue weighted by Crippen LogP contribution is -2.06. The van der Waals surface area contributed by atoms with Gasteiger partial charge in [-0.15, -0.1) is 0 Å². The molecule has 0 aliphatic carbocycles. The number of H-pyrrole nitrogens is 1. The van der Waals surface area contributed by atoms with Crippen molar-refractivity contribution in [2.45, 2.75) is 19.3 Å². The minimum atomic E-state index is -0.827. The average Bonchev–Trinajstić information content (AvgIpc) is 3.22. The van der Waals surface area contributed by atoms with Gasteiger partial charge >= 0.3 is 5.97 Å². The zero-order valence-electron chi connectivity index (χ0n) is 16.6. The summed E-state index contributed by atoms with van der Waals surface area (Å²) in [6, 6.07) is 22.1. The lowest BCUT2D eigenvalue weighted by Gasteiger charge is -2.16. The molecule has 5 nitrogen and oxygen atoms in total. The first-order valence-electron chi connectivity index (χ1n) is 9.98. The van der Waals surface area contributed by atoms with Gasteiger partial charge in [0.05, 0.1) is 12.3 Å². The fourth-order valence-corrected chi connectivity index (χ4v) is 3.62. The summed E-state index contributed by atoms with van der Waals surface area (Å²) >= 11 is 0. The Balaban J connectivity index is 1.66.